The van der Waals surface area contributed by atoms with Gasteiger partial charge in [0.05, 0.1) is 12.3 Å². The number of hydrogen-bond acceptors (Lipinski definition) is 5. The highest BCUT2D eigenvalue weighted by Crippen LogP contribution is 2.21. The second kappa shape index (κ2) is 7.19. The maximum Gasteiger partial charge on any atom is 0.223 e. The summed E-state index contributed by atoms with van der Waals surface area (Å²) in [6.45, 7) is 4.76. The van der Waals surface area contributed by atoms with Crippen molar-refractivity contribution < 1.29 is 9.53 Å². The molecule has 1 N–H and O–H groups in total. The van der Waals surface area contributed by atoms with Crippen LogP contribution in [0.4, 0.5) is 5.82 Å². The zero-order valence-corrected chi connectivity index (χ0v) is 12.1. The lowest BCUT2D eigenvalue weighted by Gasteiger charge is -2.31. The fraction of sp³-hybridized carbons (Fsp3) is 0.643. The van der Waals surface area contributed by atoms with E-state index in [9.17, 15) is 4.79 Å². The maximum absolute atomic E-state index is 11.9. The van der Waals surface area contributed by atoms with Crippen molar-refractivity contribution in [1.29, 1.82) is 0 Å². The molecule has 6 heteroatoms. The number of methoxy groups -OCH3 is 1. The van der Waals surface area contributed by atoms with Gasteiger partial charge in [-0.15, -0.1) is 5.10 Å². The molecule has 1 aliphatic heterocycles. The molecule has 1 aliphatic rings. The zero-order valence-electron chi connectivity index (χ0n) is 12.1. The van der Waals surface area contributed by atoms with Crippen molar-refractivity contribution in [2.75, 3.05) is 38.3 Å². The summed E-state index contributed by atoms with van der Waals surface area (Å²) in [5.74, 6) is 1.13. The molecule has 0 spiro atoms. The molecule has 0 bridgehead atoms. The topological polar surface area (TPSA) is 67.3 Å². The fourth-order valence-electron chi connectivity index (χ4n) is 2.35. The van der Waals surface area contributed by atoms with Crippen LogP contribution in [-0.4, -0.2) is 49.5 Å². The number of hydrogen-bond donors (Lipinski definition) is 1. The monoisotopic (exact) mass is 278 g/mol. The van der Waals surface area contributed by atoms with Crippen molar-refractivity contribution >= 4 is 11.7 Å². The third-order valence-electron chi connectivity index (χ3n) is 3.58. The van der Waals surface area contributed by atoms with Gasteiger partial charge in [0.15, 0.2) is 5.82 Å². The molecule has 1 aromatic rings. The number of amides is 1. The second-order valence-corrected chi connectivity index (χ2v) is 5.08. The molecule has 2 heterocycles. The van der Waals surface area contributed by atoms with E-state index >= 15 is 0 Å². The summed E-state index contributed by atoms with van der Waals surface area (Å²) >= 11 is 0. The van der Waals surface area contributed by atoms with Crippen molar-refractivity contribution in [2.45, 2.75) is 19.8 Å². The van der Waals surface area contributed by atoms with Crippen LogP contribution in [0, 0.1) is 12.8 Å². The maximum atomic E-state index is 11.9. The Bertz CT molecular complexity index is 427. The average Bonchev–Trinajstić information content (AvgIpc) is 2.48. The van der Waals surface area contributed by atoms with Gasteiger partial charge in [0.25, 0.3) is 0 Å². The van der Waals surface area contributed by atoms with Crippen molar-refractivity contribution in [3.63, 3.8) is 0 Å². The number of anilines is 1. The zero-order chi connectivity index (χ0) is 14.4. The Morgan fingerprint density at radius 2 is 2.15 bits per heavy atom. The van der Waals surface area contributed by atoms with E-state index in [0.717, 1.165) is 37.4 Å². The van der Waals surface area contributed by atoms with Crippen molar-refractivity contribution in [3.05, 3.63) is 17.8 Å². The largest absolute Gasteiger partial charge is 0.383 e. The summed E-state index contributed by atoms with van der Waals surface area (Å²) in [6, 6.07) is 3.95. The molecule has 1 saturated heterocycles. The number of aromatic nitrogens is 2. The highest BCUT2D eigenvalue weighted by Gasteiger charge is 2.25. The molecule has 0 atom stereocenters. The molecular weight excluding hydrogens is 256 g/mol. The fourth-order valence-corrected chi connectivity index (χ4v) is 2.35. The lowest BCUT2D eigenvalue weighted by atomic mass is 9.96. The van der Waals surface area contributed by atoms with Gasteiger partial charge in [-0.25, -0.2) is 0 Å². The van der Waals surface area contributed by atoms with Gasteiger partial charge in [0.1, 0.15) is 0 Å². The Morgan fingerprint density at radius 1 is 1.40 bits per heavy atom. The summed E-state index contributed by atoms with van der Waals surface area (Å²) in [6.07, 6.45) is 1.71. The Kier molecular flexibility index (Phi) is 5.29. The highest BCUT2D eigenvalue weighted by atomic mass is 16.5. The minimum absolute atomic E-state index is 0.0986. The third kappa shape index (κ3) is 3.90. The molecule has 0 aliphatic carbocycles. The van der Waals surface area contributed by atoms with Gasteiger partial charge in [-0.2, -0.15) is 5.10 Å². The van der Waals surface area contributed by atoms with Crippen LogP contribution in [0.15, 0.2) is 12.1 Å². The third-order valence-corrected chi connectivity index (χ3v) is 3.58. The Hall–Kier alpha value is -1.69. The molecule has 0 saturated carbocycles. The van der Waals surface area contributed by atoms with Crippen LogP contribution in [0.1, 0.15) is 18.5 Å². The molecule has 6 nitrogen and oxygen atoms in total. The first kappa shape index (κ1) is 14.7. The van der Waals surface area contributed by atoms with Crippen molar-refractivity contribution in [2.24, 2.45) is 5.92 Å². The molecule has 0 unspecified atom stereocenters. The van der Waals surface area contributed by atoms with Gasteiger partial charge in [0, 0.05) is 32.7 Å². The number of piperidine rings is 1. The first-order chi connectivity index (χ1) is 9.70. The summed E-state index contributed by atoms with van der Waals surface area (Å²) in [5, 5.41) is 11.2. The summed E-state index contributed by atoms with van der Waals surface area (Å²) in [7, 11) is 1.63. The molecule has 1 fully saturated rings. The van der Waals surface area contributed by atoms with E-state index in [0.29, 0.717) is 13.2 Å². The number of rotatable bonds is 5. The molecule has 20 heavy (non-hydrogen) atoms. The van der Waals surface area contributed by atoms with Gasteiger partial charge in [-0.3, -0.25) is 4.79 Å². The SMILES string of the molecule is COCCNC(=O)C1CCN(c2ccc(C)nn2)CC1. The van der Waals surface area contributed by atoms with Crippen molar-refractivity contribution in [3.8, 4) is 0 Å². The minimum Gasteiger partial charge on any atom is -0.383 e. The van der Waals surface area contributed by atoms with Gasteiger partial charge < -0.3 is 15.0 Å². The number of nitrogens with zero attached hydrogens (tertiary/aromatic N) is 3. The Labute approximate surface area is 119 Å². The Balaban J connectivity index is 1.80. The van der Waals surface area contributed by atoms with Crippen LogP contribution in [0.3, 0.4) is 0 Å². The summed E-state index contributed by atoms with van der Waals surface area (Å²) in [5.41, 5.74) is 0.918. The van der Waals surface area contributed by atoms with E-state index in [1.54, 1.807) is 7.11 Å². The van der Waals surface area contributed by atoms with Crippen LogP contribution in [0.5, 0.6) is 0 Å². The highest BCUT2D eigenvalue weighted by molar-refractivity contribution is 5.78. The van der Waals surface area contributed by atoms with E-state index < -0.39 is 0 Å². The molecule has 1 aromatic heterocycles. The Morgan fingerprint density at radius 3 is 2.75 bits per heavy atom. The first-order valence-corrected chi connectivity index (χ1v) is 7.02. The van der Waals surface area contributed by atoms with Crippen LogP contribution in [0.2, 0.25) is 0 Å². The molecular formula is C14H22N4O2. The standard InChI is InChI=1S/C14H22N4O2/c1-11-3-4-13(17-16-11)18-8-5-12(6-9-18)14(19)15-7-10-20-2/h3-4,12H,5-10H2,1-2H3,(H,15,19). The smallest absolute Gasteiger partial charge is 0.223 e. The van der Waals surface area contributed by atoms with Crippen molar-refractivity contribution in [1.82, 2.24) is 15.5 Å². The van der Waals surface area contributed by atoms with Crippen LogP contribution < -0.4 is 10.2 Å². The first-order valence-electron chi connectivity index (χ1n) is 7.02. The van der Waals surface area contributed by atoms with Gasteiger partial charge >= 0.3 is 0 Å². The molecule has 110 valence electrons. The number of carbonyl (C=O) groups is 1. The van der Waals surface area contributed by atoms with E-state index in [-0.39, 0.29) is 11.8 Å². The van der Waals surface area contributed by atoms with Crippen LogP contribution >= 0.6 is 0 Å². The predicted octanol–water partition coefficient (Wildman–Crippen LogP) is 0.764. The second-order valence-electron chi connectivity index (χ2n) is 5.08. The van der Waals surface area contributed by atoms with Gasteiger partial charge in [-0.05, 0) is 31.9 Å². The van der Waals surface area contributed by atoms with Crippen LogP contribution in [0.25, 0.3) is 0 Å². The summed E-state index contributed by atoms with van der Waals surface area (Å²) < 4.78 is 4.93. The minimum atomic E-state index is 0.0986. The van der Waals surface area contributed by atoms with E-state index in [1.165, 1.54) is 0 Å². The number of carbonyl (C=O) groups excluding carboxylic acids is 1. The molecule has 2 rings (SSSR count). The predicted molar refractivity (Wildman–Crippen MR) is 76.6 cm³/mol. The lowest BCUT2D eigenvalue weighted by Crippen LogP contribution is -2.41. The number of ether oxygens (including phenoxy) is 1. The quantitative estimate of drug-likeness (QED) is 0.806. The number of nitrogens with one attached hydrogen (secondary N) is 1. The summed E-state index contributed by atoms with van der Waals surface area (Å²) in [4.78, 5) is 14.1. The number of aryl methyl sites for hydroxylation is 1. The molecule has 0 radical (unpaired) electrons. The van der Waals surface area contributed by atoms with E-state index in [4.69, 9.17) is 4.74 Å². The van der Waals surface area contributed by atoms with E-state index in [1.807, 2.05) is 19.1 Å². The van der Waals surface area contributed by atoms with Crippen LogP contribution in [-0.2, 0) is 9.53 Å². The lowest BCUT2D eigenvalue weighted by molar-refractivity contribution is -0.125. The average molecular weight is 278 g/mol. The van der Waals surface area contributed by atoms with E-state index in [2.05, 4.69) is 20.4 Å². The van der Waals surface area contributed by atoms with Gasteiger partial charge in [0.2, 0.25) is 5.91 Å². The van der Waals surface area contributed by atoms with Gasteiger partial charge in [-0.1, -0.05) is 0 Å². The normalized spacial score (nSPS) is 16.2. The molecule has 1 amide bonds. The molecule has 0 aromatic carbocycles.